The first-order chi connectivity index (χ1) is 12.0. The predicted molar refractivity (Wildman–Crippen MR) is 96.2 cm³/mol. The van der Waals surface area contributed by atoms with Gasteiger partial charge in [0, 0.05) is 17.2 Å². The Kier molecular flexibility index (Phi) is 5.53. The lowest BCUT2D eigenvalue weighted by molar-refractivity contribution is -0.385. The first kappa shape index (κ1) is 19.7. The van der Waals surface area contributed by atoms with Crippen molar-refractivity contribution >= 4 is 39.0 Å². The van der Waals surface area contributed by atoms with Crippen molar-refractivity contribution in [2.45, 2.75) is 18.7 Å². The molecule has 1 N–H and O–H groups in total. The van der Waals surface area contributed by atoms with E-state index in [1.54, 1.807) is 6.92 Å². The number of rotatable bonds is 6. The number of aryl methyl sites for hydroxylation is 2. The Balaban J connectivity index is 2.69. The molecule has 26 heavy (non-hydrogen) atoms. The van der Waals surface area contributed by atoms with Crippen molar-refractivity contribution in [1.29, 1.82) is 0 Å². The zero-order chi connectivity index (χ0) is 19.6. The fraction of sp³-hybridized carbons (Fsp3) is 0.188. The molecule has 10 heteroatoms. The molecule has 2 aromatic rings. The van der Waals surface area contributed by atoms with Crippen LogP contribution in [0.3, 0.4) is 0 Å². The largest absolute Gasteiger partial charge is 0.480 e. The number of nitrogens with zero attached hydrogens (tertiary/aromatic N) is 2. The molecule has 2 rings (SSSR count). The molecule has 0 amide bonds. The van der Waals surface area contributed by atoms with Crippen LogP contribution in [0.5, 0.6) is 0 Å². The van der Waals surface area contributed by atoms with E-state index in [0.717, 1.165) is 6.07 Å². The van der Waals surface area contributed by atoms with E-state index in [4.69, 9.17) is 11.6 Å². The number of anilines is 1. The van der Waals surface area contributed by atoms with Gasteiger partial charge in [-0.3, -0.25) is 19.2 Å². The van der Waals surface area contributed by atoms with Crippen molar-refractivity contribution in [3.63, 3.8) is 0 Å². The molecule has 0 bridgehead atoms. The van der Waals surface area contributed by atoms with Gasteiger partial charge in [-0.05, 0) is 43.2 Å². The van der Waals surface area contributed by atoms with Gasteiger partial charge in [0.15, 0.2) is 0 Å². The number of carboxylic acid groups (broad SMARTS) is 1. The number of benzene rings is 2. The molecule has 0 aliphatic heterocycles. The molecular weight excluding hydrogens is 384 g/mol. The number of halogens is 1. The summed E-state index contributed by atoms with van der Waals surface area (Å²) in [5, 5.41) is 20.5. The van der Waals surface area contributed by atoms with Gasteiger partial charge in [0.2, 0.25) is 0 Å². The molecule has 138 valence electrons. The molecule has 0 fully saturated rings. The lowest BCUT2D eigenvalue weighted by Crippen LogP contribution is -2.36. The average Bonchev–Trinajstić information content (AvgIpc) is 2.53. The fourth-order valence-corrected chi connectivity index (χ4v) is 4.37. The van der Waals surface area contributed by atoms with Gasteiger partial charge in [-0.25, -0.2) is 8.42 Å². The van der Waals surface area contributed by atoms with Crippen LogP contribution in [0.4, 0.5) is 11.4 Å². The number of carboxylic acids is 1. The van der Waals surface area contributed by atoms with Crippen molar-refractivity contribution in [1.82, 2.24) is 0 Å². The van der Waals surface area contributed by atoms with E-state index in [-0.39, 0.29) is 16.1 Å². The van der Waals surface area contributed by atoms with Crippen LogP contribution >= 0.6 is 11.6 Å². The lowest BCUT2D eigenvalue weighted by Gasteiger charge is -2.25. The summed E-state index contributed by atoms with van der Waals surface area (Å²) in [4.78, 5) is 21.2. The fourth-order valence-electron chi connectivity index (χ4n) is 2.42. The van der Waals surface area contributed by atoms with Crippen LogP contribution in [0.2, 0.25) is 5.02 Å². The molecule has 0 atom stereocenters. The normalized spacial score (nSPS) is 11.2. The molecule has 0 spiro atoms. The number of non-ortho nitro benzene ring substituents is 1. The van der Waals surface area contributed by atoms with Crippen molar-refractivity contribution in [3.05, 3.63) is 62.7 Å². The maximum atomic E-state index is 13.1. The number of carbonyl (C=O) groups is 1. The summed E-state index contributed by atoms with van der Waals surface area (Å²) in [5.41, 5.74) is 0.433. The first-order valence-electron chi connectivity index (χ1n) is 7.29. The van der Waals surface area contributed by atoms with Crippen LogP contribution in [-0.2, 0) is 14.8 Å². The Morgan fingerprint density at radius 3 is 2.38 bits per heavy atom. The van der Waals surface area contributed by atoms with Crippen LogP contribution in [0, 0.1) is 24.0 Å². The topological polar surface area (TPSA) is 118 Å². The second-order valence-electron chi connectivity index (χ2n) is 5.54. The first-order valence-corrected chi connectivity index (χ1v) is 9.11. The van der Waals surface area contributed by atoms with E-state index in [1.165, 1.54) is 37.3 Å². The highest BCUT2D eigenvalue weighted by molar-refractivity contribution is 7.93. The standard InChI is InChI=1S/C16H15ClN2O6S/c1-10-3-5-13(19(22)23)8-15(10)26(24,25)18(9-16(20)21)14-6-4-12(17)7-11(14)2/h3-8H,9H2,1-2H3,(H,20,21). The lowest BCUT2D eigenvalue weighted by atomic mass is 10.2. The van der Waals surface area contributed by atoms with E-state index >= 15 is 0 Å². The molecule has 2 aromatic carbocycles. The number of nitro benzene ring substituents is 1. The zero-order valence-electron chi connectivity index (χ0n) is 13.8. The Morgan fingerprint density at radius 2 is 1.85 bits per heavy atom. The number of sulfonamides is 1. The summed E-state index contributed by atoms with van der Waals surface area (Å²) in [6.07, 6.45) is 0. The van der Waals surface area contributed by atoms with Crippen LogP contribution in [0.15, 0.2) is 41.3 Å². The third-order valence-corrected chi connectivity index (χ3v) is 5.79. The molecular formula is C16H15ClN2O6S. The maximum absolute atomic E-state index is 13.1. The molecule has 0 aliphatic carbocycles. The van der Waals surface area contributed by atoms with E-state index in [1.807, 2.05) is 0 Å². The monoisotopic (exact) mass is 398 g/mol. The van der Waals surface area contributed by atoms with Crippen LogP contribution in [0.25, 0.3) is 0 Å². The number of hydrogen-bond acceptors (Lipinski definition) is 5. The molecule has 0 saturated carbocycles. The van der Waals surface area contributed by atoms with Crippen LogP contribution in [0.1, 0.15) is 11.1 Å². The Labute approximate surface area is 154 Å². The molecule has 0 aliphatic rings. The second-order valence-corrected chi connectivity index (χ2v) is 7.81. The summed E-state index contributed by atoms with van der Waals surface area (Å²) < 4.78 is 26.9. The minimum absolute atomic E-state index is 0.128. The third-order valence-electron chi connectivity index (χ3n) is 3.66. The Hall–Kier alpha value is -2.65. The summed E-state index contributed by atoms with van der Waals surface area (Å²) in [6.45, 7) is 2.23. The molecule has 0 aromatic heterocycles. The van der Waals surface area contributed by atoms with Gasteiger partial charge in [0.25, 0.3) is 15.7 Å². The SMILES string of the molecule is Cc1cc(Cl)ccc1N(CC(=O)O)S(=O)(=O)c1cc([N+](=O)[O-])ccc1C. The van der Waals surface area contributed by atoms with Crippen molar-refractivity contribution in [2.75, 3.05) is 10.8 Å². The van der Waals surface area contributed by atoms with Crippen LogP contribution < -0.4 is 4.31 Å². The second kappa shape index (κ2) is 7.30. The molecule has 0 unspecified atom stereocenters. The summed E-state index contributed by atoms with van der Waals surface area (Å²) >= 11 is 5.88. The maximum Gasteiger partial charge on any atom is 0.324 e. The summed E-state index contributed by atoms with van der Waals surface area (Å²) in [6, 6.07) is 7.74. The highest BCUT2D eigenvalue weighted by atomic mass is 35.5. The van der Waals surface area contributed by atoms with Crippen molar-refractivity contribution in [3.8, 4) is 0 Å². The summed E-state index contributed by atoms with van der Waals surface area (Å²) in [7, 11) is -4.37. The van der Waals surface area contributed by atoms with Crippen molar-refractivity contribution < 1.29 is 23.2 Å². The molecule has 0 heterocycles. The van der Waals surface area contributed by atoms with Gasteiger partial charge in [-0.1, -0.05) is 17.7 Å². The van der Waals surface area contributed by atoms with E-state index in [9.17, 15) is 28.4 Å². The number of nitro groups is 1. The number of aliphatic carboxylic acids is 1. The minimum Gasteiger partial charge on any atom is -0.480 e. The zero-order valence-corrected chi connectivity index (χ0v) is 15.4. The quantitative estimate of drug-likeness (QED) is 0.589. The predicted octanol–water partition coefficient (Wildman–Crippen LogP) is 3.14. The van der Waals surface area contributed by atoms with Gasteiger partial charge in [-0.2, -0.15) is 0 Å². The third kappa shape index (κ3) is 3.94. The van der Waals surface area contributed by atoms with Gasteiger partial charge in [-0.15, -0.1) is 0 Å². The van der Waals surface area contributed by atoms with E-state index in [0.29, 0.717) is 14.9 Å². The van der Waals surface area contributed by atoms with Gasteiger partial charge in [0.05, 0.1) is 15.5 Å². The number of hydrogen-bond donors (Lipinski definition) is 1. The van der Waals surface area contributed by atoms with E-state index in [2.05, 4.69) is 0 Å². The highest BCUT2D eigenvalue weighted by Crippen LogP contribution is 2.31. The average molecular weight is 399 g/mol. The van der Waals surface area contributed by atoms with Crippen molar-refractivity contribution in [2.24, 2.45) is 0 Å². The summed E-state index contributed by atoms with van der Waals surface area (Å²) in [5.74, 6) is -1.37. The van der Waals surface area contributed by atoms with Gasteiger partial charge >= 0.3 is 5.97 Å². The Morgan fingerprint density at radius 1 is 1.19 bits per heavy atom. The minimum atomic E-state index is -4.37. The Bertz CT molecular complexity index is 990. The molecule has 0 radical (unpaired) electrons. The molecule has 8 nitrogen and oxygen atoms in total. The van der Waals surface area contributed by atoms with Crippen LogP contribution in [-0.4, -0.2) is 31.0 Å². The highest BCUT2D eigenvalue weighted by Gasteiger charge is 2.30. The van der Waals surface area contributed by atoms with Gasteiger partial charge in [0.1, 0.15) is 6.54 Å². The van der Waals surface area contributed by atoms with Gasteiger partial charge < -0.3 is 5.11 Å². The molecule has 0 saturated heterocycles. The smallest absolute Gasteiger partial charge is 0.324 e. The van der Waals surface area contributed by atoms with E-state index < -0.39 is 33.1 Å².